The molecule has 3 aromatic carbocycles. The molecule has 0 bridgehead atoms. The van der Waals surface area contributed by atoms with Crippen molar-refractivity contribution < 1.29 is 19.4 Å². The number of halogens is 1. The fourth-order valence-electron chi connectivity index (χ4n) is 4.32. The predicted octanol–water partition coefficient (Wildman–Crippen LogP) is 5.52. The third-order valence-electron chi connectivity index (χ3n) is 5.92. The Balaban J connectivity index is 1.77. The number of ketones is 1. The van der Waals surface area contributed by atoms with Gasteiger partial charge in [-0.2, -0.15) is 0 Å². The molecule has 0 spiro atoms. The van der Waals surface area contributed by atoms with E-state index in [0.717, 1.165) is 10.8 Å². The Labute approximate surface area is 200 Å². The van der Waals surface area contributed by atoms with Gasteiger partial charge >= 0.3 is 0 Å². The average molecular weight is 471 g/mol. The molecule has 0 aliphatic carbocycles. The molecule has 1 atom stereocenters. The van der Waals surface area contributed by atoms with Crippen LogP contribution in [-0.4, -0.2) is 28.9 Å². The van der Waals surface area contributed by atoms with Crippen molar-refractivity contribution in [3.8, 4) is 5.75 Å². The summed E-state index contributed by atoms with van der Waals surface area (Å²) < 4.78 is 5.26. The summed E-state index contributed by atoms with van der Waals surface area (Å²) in [7, 11) is 1.46. The van der Waals surface area contributed by atoms with Crippen molar-refractivity contribution in [3.05, 3.63) is 107 Å². The Bertz CT molecular complexity index is 1460. The summed E-state index contributed by atoms with van der Waals surface area (Å²) in [5, 5.41) is 13.4. The number of pyridine rings is 1. The highest BCUT2D eigenvalue weighted by atomic mass is 35.5. The van der Waals surface area contributed by atoms with Crippen molar-refractivity contribution in [2.45, 2.75) is 6.04 Å². The number of methoxy groups -OCH3 is 1. The first kappa shape index (κ1) is 21.7. The van der Waals surface area contributed by atoms with Crippen molar-refractivity contribution in [2.24, 2.45) is 0 Å². The molecule has 34 heavy (non-hydrogen) atoms. The molecule has 1 aliphatic rings. The minimum Gasteiger partial charge on any atom is -0.507 e. The van der Waals surface area contributed by atoms with Crippen LogP contribution in [0.5, 0.6) is 5.75 Å². The number of amides is 1. The van der Waals surface area contributed by atoms with Gasteiger partial charge in [0.15, 0.2) is 0 Å². The van der Waals surface area contributed by atoms with E-state index in [9.17, 15) is 14.7 Å². The van der Waals surface area contributed by atoms with Gasteiger partial charge in [-0.05, 0) is 47.3 Å². The van der Waals surface area contributed by atoms with Gasteiger partial charge in [-0.15, -0.1) is 0 Å². The zero-order valence-corrected chi connectivity index (χ0v) is 18.9. The maximum absolute atomic E-state index is 13.4. The Kier molecular flexibility index (Phi) is 5.51. The molecule has 4 aromatic rings. The number of benzene rings is 3. The van der Waals surface area contributed by atoms with E-state index in [1.165, 1.54) is 18.1 Å². The van der Waals surface area contributed by atoms with Crippen molar-refractivity contribution in [1.82, 2.24) is 4.98 Å². The molecular formula is C27H19ClN2O4. The third kappa shape index (κ3) is 3.49. The second kappa shape index (κ2) is 8.65. The number of aromatic nitrogens is 1. The minimum absolute atomic E-state index is 0.0199. The number of ether oxygens (including phenoxy) is 1. The molecule has 1 amide bonds. The van der Waals surface area contributed by atoms with Gasteiger partial charge in [0.1, 0.15) is 11.5 Å². The number of anilines is 1. The monoisotopic (exact) mass is 470 g/mol. The number of carbonyl (C=O) groups excluding carboxylic acids is 2. The van der Waals surface area contributed by atoms with Crippen LogP contribution in [0.1, 0.15) is 17.2 Å². The number of nitrogens with zero attached hydrogens (tertiary/aromatic N) is 2. The van der Waals surface area contributed by atoms with E-state index < -0.39 is 17.7 Å². The number of fused-ring (bicyclic) bond motifs is 1. The Morgan fingerprint density at radius 2 is 1.74 bits per heavy atom. The normalized spacial score (nSPS) is 17.4. The first-order chi connectivity index (χ1) is 16.5. The smallest absolute Gasteiger partial charge is 0.300 e. The third-order valence-corrected chi connectivity index (χ3v) is 6.23. The van der Waals surface area contributed by atoms with Crippen LogP contribution in [0.25, 0.3) is 16.5 Å². The molecule has 168 valence electrons. The van der Waals surface area contributed by atoms with Crippen molar-refractivity contribution in [2.75, 3.05) is 12.0 Å². The average Bonchev–Trinajstić information content (AvgIpc) is 3.14. The van der Waals surface area contributed by atoms with Crippen LogP contribution in [-0.2, 0) is 9.59 Å². The van der Waals surface area contributed by atoms with Crippen LogP contribution in [0.2, 0.25) is 5.02 Å². The van der Waals surface area contributed by atoms with Gasteiger partial charge in [-0.25, -0.2) is 0 Å². The fraction of sp³-hybridized carbons (Fsp3) is 0.0741. The molecule has 1 aromatic heterocycles. The number of carbonyl (C=O) groups is 2. The summed E-state index contributed by atoms with van der Waals surface area (Å²) >= 11 is 6.14. The molecule has 0 radical (unpaired) electrons. The molecule has 7 heteroatoms. The van der Waals surface area contributed by atoms with Crippen LogP contribution in [0.4, 0.5) is 5.69 Å². The minimum atomic E-state index is -0.851. The number of Topliss-reactive ketones (excluding diaryl/α,β-unsaturated/α-hetero) is 1. The van der Waals surface area contributed by atoms with Gasteiger partial charge in [0, 0.05) is 23.3 Å². The van der Waals surface area contributed by atoms with Gasteiger partial charge in [0.25, 0.3) is 11.7 Å². The molecule has 1 N–H and O–H groups in total. The number of aliphatic hydroxyl groups excluding tert-OH is 1. The molecule has 1 fully saturated rings. The quantitative estimate of drug-likeness (QED) is 0.241. The number of aliphatic hydroxyl groups is 1. The summed E-state index contributed by atoms with van der Waals surface area (Å²) in [6, 6.07) is 20.5. The van der Waals surface area contributed by atoms with Crippen molar-refractivity contribution >= 4 is 45.5 Å². The van der Waals surface area contributed by atoms with E-state index in [2.05, 4.69) is 4.98 Å². The Morgan fingerprint density at radius 1 is 1.00 bits per heavy atom. The summed E-state index contributed by atoms with van der Waals surface area (Å²) in [5.74, 6) is -1.46. The predicted molar refractivity (Wildman–Crippen MR) is 131 cm³/mol. The molecule has 2 heterocycles. The zero-order chi connectivity index (χ0) is 23.8. The standard InChI is InChI=1S/C27H19ClN2O4/c1-34-22-15-18(9-10-20(22)28)25(31)23-24(17-11-13-29-14-12-17)30(27(33)26(23)32)21-8-4-6-16-5-2-3-7-19(16)21/h2-15,24,31H,1H3/b25-23+. The molecule has 0 saturated carbocycles. The molecule has 5 rings (SSSR count). The highest BCUT2D eigenvalue weighted by Gasteiger charge is 2.47. The van der Waals surface area contributed by atoms with E-state index in [0.29, 0.717) is 27.6 Å². The molecule has 1 unspecified atom stereocenters. The maximum atomic E-state index is 13.4. The van der Waals surface area contributed by atoms with E-state index in [1.54, 1.807) is 42.7 Å². The molecule has 1 aliphatic heterocycles. The van der Waals surface area contributed by atoms with Gasteiger partial charge < -0.3 is 9.84 Å². The van der Waals surface area contributed by atoms with Crippen LogP contribution < -0.4 is 9.64 Å². The molecular weight excluding hydrogens is 452 g/mol. The second-order valence-electron chi connectivity index (χ2n) is 7.80. The van der Waals surface area contributed by atoms with Crippen molar-refractivity contribution in [3.63, 3.8) is 0 Å². The van der Waals surface area contributed by atoms with Crippen LogP contribution in [0.15, 0.2) is 90.8 Å². The maximum Gasteiger partial charge on any atom is 0.300 e. The lowest BCUT2D eigenvalue weighted by Crippen LogP contribution is -2.29. The fourth-order valence-corrected chi connectivity index (χ4v) is 4.52. The first-order valence-corrected chi connectivity index (χ1v) is 10.9. The molecule has 1 saturated heterocycles. The summed E-state index contributed by atoms with van der Waals surface area (Å²) in [4.78, 5) is 32.3. The molecule has 6 nitrogen and oxygen atoms in total. The van der Waals surface area contributed by atoms with Gasteiger partial charge in [-0.1, -0.05) is 48.0 Å². The van der Waals surface area contributed by atoms with Crippen molar-refractivity contribution in [1.29, 1.82) is 0 Å². The Hall–Kier alpha value is -4.16. The second-order valence-corrected chi connectivity index (χ2v) is 8.20. The van der Waals surface area contributed by atoms with Gasteiger partial charge in [0.05, 0.1) is 29.4 Å². The van der Waals surface area contributed by atoms with Gasteiger partial charge in [0.2, 0.25) is 0 Å². The Morgan fingerprint density at radius 3 is 2.50 bits per heavy atom. The topological polar surface area (TPSA) is 79.7 Å². The summed E-state index contributed by atoms with van der Waals surface area (Å²) in [5.41, 5.74) is 1.52. The lowest BCUT2D eigenvalue weighted by Gasteiger charge is -2.26. The van der Waals surface area contributed by atoms with E-state index in [-0.39, 0.29) is 11.3 Å². The largest absolute Gasteiger partial charge is 0.507 e. The summed E-state index contributed by atoms with van der Waals surface area (Å²) in [6.45, 7) is 0. The van der Waals surface area contributed by atoms with Crippen LogP contribution in [0.3, 0.4) is 0 Å². The summed E-state index contributed by atoms with van der Waals surface area (Å²) in [6.07, 6.45) is 3.17. The van der Waals surface area contributed by atoms with Crippen LogP contribution in [0, 0.1) is 0 Å². The zero-order valence-electron chi connectivity index (χ0n) is 18.1. The van der Waals surface area contributed by atoms with E-state index >= 15 is 0 Å². The highest BCUT2D eigenvalue weighted by molar-refractivity contribution is 6.52. The lowest BCUT2D eigenvalue weighted by molar-refractivity contribution is -0.132. The SMILES string of the molecule is COc1cc(/C(O)=C2\C(=O)C(=O)N(c3cccc4ccccc34)C2c2ccncc2)ccc1Cl. The lowest BCUT2D eigenvalue weighted by atomic mass is 9.95. The van der Waals surface area contributed by atoms with E-state index in [1.807, 2.05) is 36.4 Å². The van der Waals surface area contributed by atoms with E-state index in [4.69, 9.17) is 16.3 Å². The first-order valence-electron chi connectivity index (χ1n) is 10.5. The number of hydrogen-bond donors (Lipinski definition) is 1. The number of rotatable bonds is 4. The van der Waals surface area contributed by atoms with Gasteiger partial charge in [-0.3, -0.25) is 19.5 Å². The number of hydrogen-bond acceptors (Lipinski definition) is 5. The van der Waals surface area contributed by atoms with Crippen LogP contribution >= 0.6 is 11.6 Å². The highest BCUT2D eigenvalue weighted by Crippen LogP contribution is 2.44.